The number of hydrogen-bond acceptors (Lipinski definition) is 4. The SMILES string of the molecule is CC(C)c1ccc(-c2ccc3nnc(-c4ccc5nccnc5c4)n3c2)cc1. The maximum absolute atomic E-state index is 4.41. The molecule has 2 aromatic carbocycles. The molecule has 0 amide bonds. The highest BCUT2D eigenvalue weighted by molar-refractivity contribution is 5.80. The minimum atomic E-state index is 0.525. The molecule has 0 aliphatic rings. The molecular formula is C23H19N5. The van der Waals surface area contributed by atoms with Crippen LogP contribution in [0.15, 0.2) is 73.2 Å². The molecular weight excluding hydrogens is 346 g/mol. The molecule has 0 aliphatic carbocycles. The van der Waals surface area contributed by atoms with Crippen molar-refractivity contribution < 1.29 is 0 Å². The number of pyridine rings is 1. The highest BCUT2D eigenvalue weighted by atomic mass is 15.2. The van der Waals surface area contributed by atoms with Gasteiger partial charge in [0.05, 0.1) is 11.0 Å². The van der Waals surface area contributed by atoms with Crippen molar-refractivity contribution in [2.45, 2.75) is 19.8 Å². The summed E-state index contributed by atoms with van der Waals surface area (Å²) in [7, 11) is 0. The summed E-state index contributed by atoms with van der Waals surface area (Å²) >= 11 is 0. The summed E-state index contributed by atoms with van der Waals surface area (Å²) in [5, 5.41) is 8.73. The van der Waals surface area contributed by atoms with Crippen LogP contribution < -0.4 is 0 Å². The van der Waals surface area contributed by atoms with Crippen LogP contribution in [-0.2, 0) is 0 Å². The zero-order valence-electron chi connectivity index (χ0n) is 15.7. The van der Waals surface area contributed by atoms with E-state index < -0.39 is 0 Å². The Labute approximate surface area is 162 Å². The summed E-state index contributed by atoms with van der Waals surface area (Å²) in [6.45, 7) is 4.41. The Balaban J connectivity index is 1.61. The van der Waals surface area contributed by atoms with Crippen LogP contribution in [-0.4, -0.2) is 24.6 Å². The Kier molecular flexibility index (Phi) is 3.86. The highest BCUT2D eigenvalue weighted by Crippen LogP contribution is 2.26. The van der Waals surface area contributed by atoms with E-state index in [1.165, 1.54) is 11.1 Å². The van der Waals surface area contributed by atoms with E-state index in [0.717, 1.165) is 33.6 Å². The first-order chi connectivity index (χ1) is 13.7. The van der Waals surface area contributed by atoms with E-state index in [-0.39, 0.29) is 0 Å². The van der Waals surface area contributed by atoms with Gasteiger partial charge in [-0.25, -0.2) is 0 Å². The molecule has 0 saturated carbocycles. The highest BCUT2D eigenvalue weighted by Gasteiger charge is 2.11. The van der Waals surface area contributed by atoms with Crippen molar-refractivity contribution in [2.24, 2.45) is 0 Å². The van der Waals surface area contributed by atoms with Crippen molar-refractivity contribution >= 4 is 16.7 Å². The standard InChI is InChI=1S/C23H19N5/c1-15(2)16-3-5-17(6-4-16)19-8-10-22-26-27-23(28(22)14-19)18-7-9-20-21(13-18)25-12-11-24-20/h3-15H,1-2H3. The van der Waals surface area contributed by atoms with Gasteiger partial charge in [0.25, 0.3) is 0 Å². The third kappa shape index (κ3) is 2.81. The van der Waals surface area contributed by atoms with Gasteiger partial charge in [-0.1, -0.05) is 38.1 Å². The molecule has 5 nitrogen and oxygen atoms in total. The second-order valence-corrected chi connectivity index (χ2v) is 7.21. The quantitative estimate of drug-likeness (QED) is 0.445. The second kappa shape index (κ2) is 6.53. The van der Waals surface area contributed by atoms with E-state index in [1.807, 2.05) is 28.7 Å². The fraction of sp³-hybridized carbons (Fsp3) is 0.130. The van der Waals surface area contributed by atoms with E-state index in [4.69, 9.17) is 0 Å². The van der Waals surface area contributed by atoms with E-state index in [2.05, 4.69) is 70.5 Å². The van der Waals surface area contributed by atoms with Crippen LogP contribution in [0.2, 0.25) is 0 Å². The summed E-state index contributed by atoms with van der Waals surface area (Å²) in [5.41, 5.74) is 7.14. The Morgan fingerprint density at radius 3 is 2.21 bits per heavy atom. The molecule has 5 rings (SSSR count). The maximum atomic E-state index is 4.41. The number of benzene rings is 2. The van der Waals surface area contributed by atoms with Crippen LogP contribution in [0.5, 0.6) is 0 Å². The molecule has 0 aliphatic heterocycles. The minimum Gasteiger partial charge on any atom is -0.282 e. The lowest BCUT2D eigenvalue weighted by Gasteiger charge is -2.08. The van der Waals surface area contributed by atoms with Crippen LogP contribution in [0.25, 0.3) is 39.2 Å². The van der Waals surface area contributed by atoms with Gasteiger partial charge < -0.3 is 0 Å². The number of rotatable bonds is 3. The Morgan fingerprint density at radius 1 is 0.714 bits per heavy atom. The smallest absolute Gasteiger partial charge is 0.168 e. The Morgan fingerprint density at radius 2 is 1.43 bits per heavy atom. The second-order valence-electron chi connectivity index (χ2n) is 7.21. The molecule has 136 valence electrons. The van der Waals surface area contributed by atoms with Crippen molar-refractivity contribution in [1.29, 1.82) is 0 Å². The Bertz CT molecular complexity index is 1290. The summed E-state index contributed by atoms with van der Waals surface area (Å²) < 4.78 is 2.03. The van der Waals surface area contributed by atoms with E-state index >= 15 is 0 Å². The molecule has 3 heterocycles. The zero-order valence-corrected chi connectivity index (χ0v) is 15.7. The van der Waals surface area contributed by atoms with Crippen LogP contribution in [0.3, 0.4) is 0 Å². The predicted molar refractivity (Wildman–Crippen MR) is 111 cm³/mol. The molecule has 0 bridgehead atoms. The first kappa shape index (κ1) is 16.6. The lowest BCUT2D eigenvalue weighted by atomic mass is 9.99. The normalized spacial score (nSPS) is 11.5. The fourth-order valence-corrected chi connectivity index (χ4v) is 3.42. The van der Waals surface area contributed by atoms with Crippen LogP contribution in [0.4, 0.5) is 0 Å². The molecule has 0 saturated heterocycles. The van der Waals surface area contributed by atoms with Gasteiger partial charge in [-0.15, -0.1) is 10.2 Å². The number of aromatic nitrogens is 5. The molecule has 0 N–H and O–H groups in total. The summed E-state index contributed by atoms with van der Waals surface area (Å²) in [6.07, 6.45) is 5.49. The third-order valence-corrected chi connectivity index (χ3v) is 5.04. The average molecular weight is 365 g/mol. The van der Waals surface area contributed by atoms with Crippen molar-refractivity contribution in [3.05, 3.63) is 78.8 Å². The van der Waals surface area contributed by atoms with Crippen molar-refractivity contribution in [1.82, 2.24) is 24.6 Å². The summed E-state index contributed by atoms with van der Waals surface area (Å²) in [6, 6.07) is 18.8. The van der Waals surface area contributed by atoms with Gasteiger partial charge in [0, 0.05) is 24.2 Å². The van der Waals surface area contributed by atoms with Crippen molar-refractivity contribution in [3.63, 3.8) is 0 Å². The molecule has 0 spiro atoms. The number of hydrogen-bond donors (Lipinski definition) is 0. The van der Waals surface area contributed by atoms with Gasteiger partial charge in [0.2, 0.25) is 0 Å². The number of nitrogens with zero attached hydrogens (tertiary/aromatic N) is 5. The topological polar surface area (TPSA) is 56.0 Å². The molecule has 0 unspecified atom stereocenters. The maximum Gasteiger partial charge on any atom is 0.168 e. The third-order valence-electron chi connectivity index (χ3n) is 5.04. The molecule has 0 atom stereocenters. The Hall–Kier alpha value is -3.60. The monoisotopic (exact) mass is 365 g/mol. The predicted octanol–water partition coefficient (Wildman–Crippen LogP) is 5.13. The van der Waals surface area contributed by atoms with Gasteiger partial charge in [0.1, 0.15) is 0 Å². The first-order valence-corrected chi connectivity index (χ1v) is 9.35. The van der Waals surface area contributed by atoms with Crippen molar-refractivity contribution in [3.8, 4) is 22.5 Å². The largest absolute Gasteiger partial charge is 0.282 e. The van der Waals surface area contributed by atoms with Crippen LogP contribution >= 0.6 is 0 Å². The average Bonchev–Trinajstić information content (AvgIpc) is 3.16. The molecule has 3 aromatic heterocycles. The van der Waals surface area contributed by atoms with E-state index in [9.17, 15) is 0 Å². The van der Waals surface area contributed by atoms with Gasteiger partial charge in [-0.3, -0.25) is 14.4 Å². The molecule has 5 aromatic rings. The summed E-state index contributed by atoms with van der Waals surface area (Å²) in [5.74, 6) is 1.32. The lowest BCUT2D eigenvalue weighted by Crippen LogP contribution is -1.92. The van der Waals surface area contributed by atoms with Gasteiger partial charge in [0.15, 0.2) is 11.5 Å². The molecule has 0 radical (unpaired) electrons. The number of fused-ring (bicyclic) bond motifs is 2. The van der Waals surface area contributed by atoms with E-state index in [1.54, 1.807) is 12.4 Å². The van der Waals surface area contributed by atoms with Gasteiger partial charge in [-0.2, -0.15) is 0 Å². The van der Waals surface area contributed by atoms with Gasteiger partial charge in [-0.05, 0) is 52.9 Å². The van der Waals surface area contributed by atoms with Crippen LogP contribution in [0, 0.1) is 0 Å². The van der Waals surface area contributed by atoms with E-state index in [0.29, 0.717) is 5.92 Å². The van der Waals surface area contributed by atoms with Crippen molar-refractivity contribution in [2.75, 3.05) is 0 Å². The molecule has 28 heavy (non-hydrogen) atoms. The fourth-order valence-electron chi connectivity index (χ4n) is 3.42. The minimum absolute atomic E-state index is 0.525. The first-order valence-electron chi connectivity index (χ1n) is 9.35. The summed E-state index contributed by atoms with van der Waals surface area (Å²) in [4.78, 5) is 8.73. The molecule has 0 fully saturated rings. The zero-order chi connectivity index (χ0) is 19.1. The lowest BCUT2D eigenvalue weighted by molar-refractivity contribution is 0.867. The van der Waals surface area contributed by atoms with Gasteiger partial charge >= 0.3 is 0 Å². The molecule has 5 heteroatoms. The van der Waals surface area contributed by atoms with Crippen LogP contribution in [0.1, 0.15) is 25.3 Å².